The van der Waals surface area contributed by atoms with Crippen LogP contribution < -0.4 is 4.90 Å². The number of nitrogens with zero attached hydrogens (tertiary/aromatic N) is 2. The minimum atomic E-state index is -3.85. The first kappa shape index (κ1) is 20.9. The fourth-order valence-corrected chi connectivity index (χ4v) is 5.25. The zero-order valence-corrected chi connectivity index (χ0v) is 18.5. The summed E-state index contributed by atoms with van der Waals surface area (Å²) >= 11 is 6.33. The molecule has 3 aromatic rings. The lowest BCUT2D eigenvalue weighted by molar-refractivity contribution is 0.543. The molecule has 30 heavy (non-hydrogen) atoms. The van der Waals surface area contributed by atoms with Crippen molar-refractivity contribution in [1.29, 1.82) is 0 Å². The maximum atomic E-state index is 13.5. The number of rotatable bonds is 5. The van der Waals surface area contributed by atoms with E-state index in [-0.39, 0.29) is 15.8 Å². The van der Waals surface area contributed by atoms with E-state index in [9.17, 15) is 8.42 Å². The van der Waals surface area contributed by atoms with Crippen LogP contribution in [0.1, 0.15) is 38.2 Å². The van der Waals surface area contributed by atoms with Crippen molar-refractivity contribution in [3.05, 3.63) is 59.1 Å². The lowest BCUT2D eigenvalue weighted by atomic mass is 10.2. The number of sulfone groups is 1. The van der Waals surface area contributed by atoms with Crippen molar-refractivity contribution in [3.8, 4) is 11.5 Å². The van der Waals surface area contributed by atoms with Crippen molar-refractivity contribution >= 4 is 27.3 Å². The first-order valence-electron chi connectivity index (χ1n) is 10.4. The summed E-state index contributed by atoms with van der Waals surface area (Å²) in [6, 6.07) is 14.1. The Labute approximate surface area is 182 Å². The number of anilines is 1. The van der Waals surface area contributed by atoms with Crippen molar-refractivity contribution in [2.45, 2.75) is 48.9 Å². The van der Waals surface area contributed by atoms with Gasteiger partial charge in [0, 0.05) is 13.1 Å². The highest BCUT2D eigenvalue weighted by Crippen LogP contribution is 2.37. The SMILES string of the molecule is CCc1ccc(S(=O)(=O)c2nc(-c3ccccc3Cl)oc2N2CCCCCC2)cc1. The Kier molecular flexibility index (Phi) is 6.16. The highest BCUT2D eigenvalue weighted by molar-refractivity contribution is 7.91. The van der Waals surface area contributed by atoms with Crippen molar-refractivity contribution in [3.63, 3.8) is 0 Å². The van der Waals surface area contributed by atoms with E-state index in [1.807, 2.05) is 36.1 Å². The van der Waals surface area contributed by atoms with Gasteiger partial charge in [0.1, 0.15) is 0 Å². The highest BCUT2D eigenvalue weighted by atomic mass is 35.5. The molecule has 1 aromatic heterocycles. The molecule has 1 fully saturated rings. The topological polar surface area (TPSA) is 63.4 Å². The van der Waals surface area contributed by atoms with Gasteiger partial charge in [-0.15, -0.1) is 0 Å². The maximum absolute atomic E-state index is 13.5. The number of hydrogen-bond donors (Lipinski definition) is 0. The normalized spacial score (nSPS) is 15.2. The van der Waals surface area contributed by atoms with E-state index < -0.39 is 9.84 Å². The third-order valence-corrected chi connectivity index (χ3v) is 7.47. The predicted octanol–water partition coefficient (Wildman–Crippen LogP) is 5.77. The van der Waals surface area contributed by atoms with Gasteiger partial charge in [-0.3, -0.25) is 0 Å². The van der Waals surface area contributed by atoms with E-state index >= 15 is 0 Å². The van der Waals surface area contributed by atoms with E-state index in [1.165, 1.54) is 0 Å². The van der Waals surface area contributed by atoms with Gasteiger partial charge in [0.15, 0.2) is 0 Å². The second-order valence-corrected chi connectivity index (χ2v) is 9.78. The second kappa shape index (κ2) is 8.82. The molecule has 0 unspecified atom stereocenters. The summed E-state index contributed by atoms with van der Waals surface area (Å²) < 4.78 is 33.1. The average Bonchev–Trinajstić information content (AvgIpc) is 3.03. The molecule has 0 aliphatic carbocycles. The molecule has 2 aromatic carbocycles. The monoisotopic (exact) mass is 444 g/mol. The van der Waals surface area contributed by atoms with E-state index in [2.05, 4.69) is 4.98 Å². The molecular formula is C23H25ClN2O3S. The molecule has 7 heteroatoms. The summed E-state index contributed by atoms with van der Waals surface area (Å²) in [6.45, 7) is 3.53. The predicted molar refractivity (Wildman–Crippen MR) is 119 cm³/mol. The van der Waals surface area contributed by atoms with Gasteiger partial charge in [0.05, 0.1) is 15.5 Å². The minimum absolute atomic E-state index is 0.0384. The minimum Gasteiger partial charge on any atom is -0.419 e. The number of aryl methyl sites for hydroxylation is 1. The molecule has 0 N–H and O–H groups in total. The van der Waals surface area contributed by atoms with Gasteiger partial charge < -0.3 is 9.32 Å². The number of oxazole rings is 1. The molecule has 158 valence electrons. The second-order valence-electron chi connectivity index (χ2n) is 7.51. The number of benzene rings is 2. The summed E-state index contributed by atoms with van der Waals surface area (Å²) in [5, 5.41) is 0.431. The summed E-state index contributed by atoms with van der Waals surface area (Å²) in [4.78, 5) is 6.68. The van der Waals surface area contributed by atoms with Crippen molar-refractivity contribution in [2.24, 2.45) is 0 Å². The third kappa shape index (κ3) is 4.12. The molecule has 0 bridgehead atoms. The van der Waals surface area contributed by atoms with Gasteiger partial charge in [0.25, 0.3) is 0 Å². The molecule has 0 radical (unpaired) electrons. The Morgan fingerprint density at radius 3 is 2.30 bits per heavy atom. The molecule has 1 saturated heterocycles. The van der Waals surface area contributed by atoms with Gasteiger partial charge in [0.2, 0.25) is 26.6 Å². The van der Waals surface area contributed by atoms with Gasteiger partial charge in [-0.25, -0.2) is 8.42 Å². The van der Waals surface area contributed by atoms with Crippen molar-refractivity contribution < 1.29 is 12.8 Å². The number of aromatic nitrogens is 1. The summed E-state index contributed by atoms with van der Waals surface area (Å²) in [5.74, 6) is 0.537. The average molecular weight is 445 g/mol. The Balaban J connectivity index is 1.84. The van der Waals surface area contributed by atoms with Gasteiger partial charge in [-0.1, -0.05) is 55.6 Å². The molecule has 0 amide bonds. The Morgan fingerprint density at radius 2 is 1.67 bits per heavy atom. The number of halogens is 1. The van der Waals surface area contributed by atoms with Crippen LogP contribution >= 0.6 is 11.6 Å². The first-order chi connectivity index (χ1) is 14.5. The molecule has 0 spiro atoms. The molecule has 0 atom stereocenters. The zero-order chi connectivity index (χ0) is 21.1. The van der Waals surface area contributed by atoms with Crippen LogP contribution in [0.15, 0.2) is 62.9 Å². The lowest BCUT2D eigenvalue weighted by Crippen LogP contribution is -2.25. The van der Waals surface area contributed by atoms with Crippen LogP contribution in [-0.4, -0.2) is 26.5 Å². The van der Waals surface area contributed by atoms with E-state index in [0.29, 0.717) is 16.5 Å². The first-order valence-corrected chi connectivity index (χ1v) is 12.2. The standard InChI is InChI=1S/C23H25ClN2O3S/c1-2-17-11-13-18(14-12-17)30(27,28)22-23(26-15-7-3-4-8-16-26)29-21(25-22)19-9-5-6-10-20(19)24/h5-6,9-14H,2-4,7-8,15-16H2,1H3. The summed E-state index contributed by atoms with van der Waals surface area (Å²) in [7, 11) is -3.85. The number of hydrogen-bond acceptors (Lipinski definition) is 5. The largest absolute Gasteiger partial charge is 0.419 e. The summed E-state index contributed by atoms with van der Waals surface area (Å²) in [5.41, 5.74) is 1.66. The Morgan fingerprint density at radius 1 is 1.00 bits per heavy atom. The van der Waals surface area contributed by atoms with Gasteiger partial charge in [-0.2, -0.15) is 4.98 Å². The molecular weight excluding hydrogens is 420 g/mol. The summed E-state index contributed by atoms with van der Waals surface area (Å²) in [6.07, 6.45) is 5.09. The van der Waals surface area contributed by atoms with E-state index in [0.717, 1.165) is 50.8 Å². The van der Waals surface area contributed by atoms with Crippen LogP contribution in [0.25, 0.3) is 11.5 Å². The fourth-order valence-electron chi connectivity index (χ4n) is 3.71. The van der Waals surface area contributed by atoms with Crippen molar-refractivity contribution in [2.75, 3.05) is 18.0 Å². The van der Waals surface area contributed by atoms with Crippen LogP contribution in [0.3, 0.4) is 0 Å². The Bertz CT molecular complexity index is 1120. The van der Waals surface area contributed by atoms with Gasteiger partial charge in [-0.05, 0) is 49.1 Å². The smallest absolute Gasteiger partial charge is 0.236 e. The molecule has 0 saturated carbocycles. The van der Waals surface area contributed by atoms with Crippen molar-refractivity contribution in [1.82, 2.24) is 4.98 Å². The third-order valence-electron chi connectivity index (χ3n) is 5.47. The zero-order valence-electron chi connectivity index (χ0n) is 17.0. The fraction of sp³-hybridized carbons (Fsp3) is 0.348. The molecule has 4 rings (SSSR count). The van der Waals surface area contributed by atoms with Crippen LogP contribution in [0.5, 0.6) is 0 Å². The van der Waals surface area contributed by atoms with E-state index in [1.54, 1.807) is 24.3 Å². The van der Waals surface area contributed by atoms with Crippen LogP contribution in [0, 0.1) is 0 Å². The molecule has 1 aliphatic rings. The molecule has 5 nitrogen and oxygen atoms in total. The molecule has 1 aliphatic heterocycles. The lowest BCUT2D eigenvalue weighted by Gasteiger charge is -2.20. The van der Waals surface area contributed by atoms with Crippen LogP contribution in [0.2, 0.25) is 5.02 Å². The maximum Gasteiger partial charge on any atom is 0.236 e. The van der Waals surface area contributed by atoms with Crippen LogP contribution in [-0.2, 0) is 16.3 Å². The Hall–Kier alpha value is -2.31. The van der Waals surface area contributed by atoms with E-state index in [4.69, 9.17) is 16.0 Å². The highest BCUT2D eigenvalue weighted by Gasteiger charge is 2.32. The van der Waals surface area contributed by atoms with Gasteiger partial charge >= 0.3 is 0 Å². The molecule has 2 heterocycles. The quantitative estimate of drug-likeness (QED) is 0.499. The van der Waals surface area contributed by atoms with Crippen LogP contribution in [0.4, 0.5) is 5.88 Å².